The Morgan fingerprint density at radius 2 is 1.38 bits per heavy atom. The van der Waals surface area contributed by atoms with Gasteiger partial charge in [-0.3, -0.25) is 0 Å². The molecule has 0 aromatic rings. The third-order valence-electron chi connectivity index (χ3n) is 6.94. The molecule has 0 aromatic heterocycles. The average Bonchev–Trinajstić information content (AvgIpc) is 2.72. The summed E-state index contributed by atoms with van der Waals surface area (Å²) in [5.41, 5.74) is -2.27. The van der Waals surface area contributed by atoms with E-state index in [-0.39, 0.29) is 0 Å². The fourth-order valence-electron chi connectivity index (χ4n) is 5.14. The van der Waals surface area contributed by atoms with Gasteiger partial charge in [0.2, 0.25) is 0 Å². The van der Waals surface area contributed by atoms with Crippen LogP contribution in [0.2, 0.25) is 0 Å². The maximum atomic E-state index is 15.1. The third kappa shape index (κ3) is 6.03. The van der Waals surface area contributed by atoms with E-state index < -0.39 is 16.9 Å². The van der Waals surface area contributed by atoms with Crippen LogP contribution >= 0.6 is 0 Å². The Labute approximate surface area is 177 Å². The summed E-state index contributed by atoms with van der Waals surface area (Å²) in [6.07, 6.45) is 24.3. The summed E-state index contributed by atoms with van der Waals surface area (Å²) < 4.78 is 36.6. The lowest BCUT2D eigenvalue weighted by atomic mass is 9.60. The molecule has 1 saturated carbocycles. The van der Waals surface area contributed by atoms with Crippen molar-refractivity contribution < 1.29 is 13.5 Å². The van der Waals surface area contributed by atoms with Crippen LogP contribution < -0.4 is 0 Å². The highest BCUT2D eigenvalue weighted by Gasteiger charge is 2.62. The van der Waals surface area contributed by atoms with E-state index in [1.54, 1.807) is 12.2 Å². The minimum absolute atomic E-state index is 0.569. The zero-order chi connectivity index (χ0) is 21.1. The number of alkyl halides is 2. The van der Waals surface area contributed by atoms with Crippen molar-refractivity contribution in [2.24, 2.45) is 5.41 Å². The number of halogens is 2. The number of ether oxygens (including phenoxy) is 1. The zero-order valence-electron chi connectivity index (χ0n) is 18.6. The monoisotopic (exact) mass is 408 g/mol. The standard InChI is InChI=1S/C26H42F2O/c1-3-5-6-7-8-9-10-11-12-18-23-29-25(20-14-13-15-21-25)24(4-2)19-16-17-22-26(24,27)28/h4,16-17,19,22H,2-3,5-15,18,20-21,23H2,1H3. The van der Waals surface area contributed by atoms with Crippen molar-refractivity contribution in [3.8, 4) is 0 Å². The predicted molar refractivity (Wildman–Crippen MR) is 119 cm³/mol. The molecular weight excluding hydrogens is 366 g/mol. The van der Waals surface area contributed by atoms with E-state index in [1.807, 2.05) is 0 Å². The fourth-order valence-corrected chi connectivity index (χ4v) is 5.14. The maximum Gasteiger partial charge on any atom is 0.281 e. The Balaban J connectivity index is 1.82. The van der Waals surface area contributed by atoms with Crippen molar-refractivity contribution >= 4 is 0 Å². The van der Waals surface area contributed by atoms with Gasteiger partial charge in [0.05, 0.1) is 5.60 Å². The molecule has 0 spiro atoms. The molecule has 166 valence electrons. The molecule has 0 aromatic carbocycles. The van der Waals surface area contributed by atoms with Crippen molar-refractivity contribution in [1.29, 1.82) is 0 Å². The van der Waals surface area contributed by atoms with Gasteiger partial charge in [0.25, 0.3) is 5.92 Å². The Morgan fingerprint density at radius 3 is 1.93 bits per heavy atom. The molecule has 1 fully saturated rings. The van der Waals surface area contributed by atoms with Crippen molar-refractivity contribution in [3.63, 3.8) is 0 Å². The van der Waals surface area contributed by atoms with Crippen molar-refractivity contribution in [2.75, 3.05) is 6.61 Å². The van der Waals surface area contributed by atoms with Gasteiger partial charge in [0, 0.05) is 6.61 Å². The number of rotatable bonds is 14. The third-order valence-corrected chi connectivity index (χ3v) is 6.94. The molecule has 0 aliphatic heterocycles. The minimum atomic E-state index is -2.96. The van der Waals surface area contributed by atoms with Crippen LogP contribution in [0.25, 0.3) is 0 Å². The Morgan fingerprint density at radius 1 is 0.828 bits per heavy atom. The average molecular weight is 409 g/mol. The second kappa shape index (κ2) is 12.0. The lowest BCUT2D eigenvalue weighted by Crippen LogP contribution is -2.58. The molecule has 0 radical (unpaired) electrons. The molecule has 2 rings (SSSR count). The molecule has 29 heavy (non-hydrogen) atoms. The molecule has 0 amide bonds. The molecule has 0 heterocycles. The molecule has 0 saturated heterocycles. The smallest absolute Gasteiger partial charge is 0.281 e. The normalized spacial score (nSPS) is 25.2. The summed E-state index contributed by atoms with van der Waals surface area (Å²) >= 11 is 0. The van der Waals surface area contributed by atoms with Gasteiger partial charge >= 0.3 is 0 Å². The Bertz CT molecular complexity index is 531. The highest BCUT2D eigenvalue weighted by molar-refractivity contribution is 5.34. The van der Waals surface area contributed by atoms with Crippen molar-refractivity contribution in [2.45, 2.75) is 115 Å². The van der Waals surface area contributed by atoms with Gasteiger partial charge in [-0.05, 0) is 25.3 Å². The second-order valence-corrected chi connectivity index (χ2v) is 9.00. The molecule has 2 aliphatic carbocycles. The summed E-state index contributed by atoms with van der Waals surface area (Å²) in [6.45, 7) is 6.65. The summed E-state index contributed by atoms with van der Waals surface area (Å²) in [4.78, 5) is 0. The van der Waals surface area contributed by atoms with Gasteiger partial charge in [0.1, 0.15) is 5.41 Å². The highest BCUT2D eigenvalue weighted by Crippen LogP contribution is 2.56. The summed E-state index contributed by atoms with van der Waals surface area (Å²) in [5.74, 6) is -2.96. The molecule has 3 heteroatoms. The first-order chi connectivity index (χ1) is 14.0. The van der Waals surface area contributed by atoms with E-state index in [1.165, 1.54) is 63.5 Å². The van der Waals surface area contributed by atoms with Crippen LogP contribution in [0.15, 0.2) is 37.0 Å². The number of allylic oxidation sites excluding steroid dienone is 3. The first-order valence-corrected chi connectivity index (χ1v) is 12.1. The Kier molecular flexibility index (Phi) is 10.1. The summed E-state index contributed by atoms with van der Waals surface area (Å²) in [5, 5.41) is 0. The van der Waals surface area contributed by atoms with Crippen LogP contribution in [0.4, 0.5) is 8.78 Å². The van der Waals surface area contributed by atoms with Crippen LogP contribution in [0, 0.1) is 5.41 Å². The van der Waals surface area contributed by atoms with Gasteiger partial charge in [-0.25, -0.2) is 8.78 Å². The molecule has 1 atom stereocenters. The van der Waals surface area contributed by atoms with E-state index in [0.717, 1.165) is 38.2 Å². The van der Waals surface area contributed by atoms with E-state index in [0.29, 0.717) is 19.4 Å². The zero-order valence-corrected chi connectivity index (χ0v) is 18.6. The highest BCUT2D eigenvalue weighted by atomic mass is 19.3. The SMILES string of the molecule is C=CC1(C2(OCCCCCCCCCCCC)CCCCC2)C=CC=CC1(F)F. The van der Waals surface area contributed by atoms with Crippen molar-refractivity contribution in [1.82, 2.24) is 0 Å². The number of unbranched alkanes of at least 4 members (excludes halogenated alkanes) is 9. The fraction of sp³-hybridized carbons (Fsp3) is 0.769. The quantitative estimate of drug-likeness (QED) is 0.207. The van der Waals surface area contributed by atoms with E-state index >= 15 is 8.78 Å². The van der Waals surface area contributed by atoms with Crippen LogP contribution in [0.3, 0.4) is 0 Å². The molecule has 0 N–H and O–H groups in total. The van der Waals surface area contributed by atoms with Crippen molar-refractivity contribution in [3.05, 3.63) is 37.0 Å². The largest absolute Gasteiger partial charge is 0.374 e. The molecule has 0 bridgehead atoms. The van der Waals surface area contributed by atoms with Gasteiger partial charge in [-0.15, -0.1) is 6.58 Å². The second-order valence-electron chi connectivity index (χ2n) is 9.00. The van der Waals surface area contributed by atoms with Crippen LogP contribution in [-0.2, 0) is 4.74 Å². The molecular formula is C26H42F2O. The lowest BCUT2D eigenvalue weighted by molar-refractivity contribution is -0.191. The van der Waals surface area contributed by atoms with Gasteiger partial charge in [-0.2, -0.15) is 0 Å². The summed E-state index contributed by atoms with van der Waals surface area (Å²) in [6, 6.07) is 0. The van der Waals surface area contributed by atoms with Crippen LogP contribution in [-0.4, -0.2) is 18.1 Å². The maximum absolute atomic E-state index is 15.1. The van der Waals surface area contributed by atoms with Crippen LogP contribution in [0.5, 0.6) is 0 Å². The number of hydrogen-bond acceptors (Lipinski definition) is 1. The topological polar surface area (TPSA) is 9.23 Å². The van der Waals surface area contributed by atoms with Gasteiger partial charge in [0.15, 0.2) is 0 Å². The molecule has 1 unspecified atom stereocenters. The first-order valence-electron chi connectivity index (χ1n) is 12.1. The van der Waals surface area contributed by atoms with Gasteiger partial charge < -0.3 is 4.74 Å². The predicted octanol–water partition coefficient (Wildman–Crippen LogP) is 8.56. The molecule has 2 aliphatic rings. The molecule has 1 nitrogen and oxygen atoms in total. The van der Waals surface area contributed by atoms with Crippen LogP contribution in [0.1, 0.15) is 103 Å². The first kappa shape index (κ1) is 24.3. The van der Waals surface area contributed by atoms with E-state index in [2.05, 4.69) is 13.5 Å². The van der Waals surface area contributed by atoms with Gasteiger partial charge in [-0.1, -0.05) is 108 Å². The summed E-state index contributed by atoms with van der Waals surface area (Å²) in [7, 11) is 0. The minimum Gasteiger partial charge on any atom is -0.374 e. The van der Waals surface area contributed by atoms with E-state index in [4.69, 9.17) is 4.74 Å². The number of hydrogen-bond donors (Lipinski definition) is 0. The Hall–Kier alpha value is -0.960. The lowest BCUT2D eigenvalue weighted by Gasteiger charge is -2.52. The van der Waals surface area contributed by atoms with E-state index in [9.17, 15) is 0 Å².